The number of hydrogen-bond acceptors (Lipinski definition) is 3. The van der Waals surface area contributed by atoms with Crippen LogP contribution in [0.1, 0.15) is 17.4 Å². The molecule has 5 heteroatoms. The highest BCUT2D eigenvalue weighted by Crippen LogP contribution is 2.27. The third kappa shape index (κ3) is 1.39. The molecule has 0 fully saturated rings. The predicted molar refractivity (Wildman–Crippen MR) is 65.0 cm³/mol. The normalized spacial score (nSPS) is 13.7. The molecule has 1 amide bonds. The number of anilines is 2. The molecule has 5 nitrogen and oxygen atoms in total. The van der Waals surface area contributed by atoms with Crippen molar-refractivity contribution < 1.29 is 4.79 Å². The van der Waals surface area contributed by atoms with Gasteiger partial charge in [0.1, 0.15) is 5.69 Å². The van der Waals surface area contributed by atoms with E-state index in [0.29, 0.717) is 5.69 Å². The number of amides is 1. The van der Waals surface area contributed by atoms with E-state index < -0.39 is 0 Å². The second-order valence-corrected chi connectivity index (χ2v) is 3.78. The van der Waals surface area contributed by atoms with Crippen molar-refractivity contribution in [1.82, 2.24) is 9.66 Å². The molecule has 0 spiro atoms. The van der Waals surface area contributed by atoms with Crippen LogP contribution >= 0.6 is 0 Å². The average Bonchev–Trinajstić information content (AvgIpc) is 2.77. The summed E-state index contributed by atoms with van der Waals surface area (Å²) in [4.78, 5) is 16.3. The Morgan fingerprint density at radius 1 is 1.35 bits per heavy atom. The van der Waals surface area contributed by atoms with Gasteiger partial charge in [0.2, 0.25) is 0 Å². The van der Waals surface area contributed by atoms with E-state index in [4.69, 9.17) is 0 Å². The van der Waals surface area contributed by atoms with E-state index in [-0.39, 0.29) is 5.91 Å². The van der Waals surface area contributed by atoms with Crippen LogP contribution in [0.4, 0.5) is 11.5 Å². The standard InChI is InChI=1S/C12H12N4O/c1-2-15-11-9(5-3-7-13-11)14-12(17)10-6-4-8-16(10)15/h3-8H,2H2,1H3,(H,14,17). The van der Waals surface area contributed by atoms with Gasteiger partial charge in [-0.15, -0.1) is 0 Å². The zero-order valence-electron chi connectivity index (χ0n) is 9.42. The molecule has 0 unspecified atom stereocenters. The number of aromatic nitrogens is 2. The monoisotopic (exact) mass is 228 g/mol. The second kappa shape index (κ2) is 3.62. The Hall–Kier alpha value is -2.30. The quantitative estimate of drug-likeness (QED) is 0.808. The summed E-state index contributed by atoms with van der Waals surface area (Å²) in [5, 5.41) is 4.83. The van der Waals surface area contributed by atoms with Gasteiger partial charge in [-0.3, -0.25) is 14.5 Å². The van der Waals surface area contributed by atoms with Gasteiger partial charge < -0.3 is 5.32 Å². The lowest BCUT2D eigenvalue weighted by Crippen LogP contribution is -2.30. The van der Waals surface area contributed by atoms with Crippen molar-refractivity contribution in [2.24, 2.45) is 0 Å². The maximum atomic E-state index is 12.0. The summed E-state index contributed by atoms with van der Waals surface area (Å²) in [7, 11) is 0. The predicted octanol–water partition coefficient (Wildman–Crippen LogP) is 1.74. The van der Waals surface area contributed by atoms with E-state index in [0.717, 1.165) is 18.1 Å². The molecule has 0 atom stereocenters. The summed E-state index contributed by atoms with van der Waals surface area (Å²) in [6, 6.07) is 7.32. The minimum Gasteiger partial charge on any atom is -0.317 e. The van der Waals surface area contributed by atoms with Crippen LogP contribution in [-0.2, 0) is 0 Å². The summed E-state index contributed by atoms with van der Waals surface area (Å²) >= 11 is 0. The Labute approximate surface area is 98.7 Å². The lowest BCUT2D eigenvalue weighted by Gasteiger charge is -2.23. The van der Waals surface area contributed by atoms with Gasteiger partial charge in [-0.2, -0.15) is 0 Å². The molecule has 1 N–H and O–H groups in total. The fourth-order valence-electron chi connectivity index (χ4n) is 2.05. The lowest BCUT2D eigenvalue weighted by atomic mass is 10.3. The Bertz CT molecular complexity index is 575. The van der Waals surface area contributed by atoms with Crippen LogP contribution in [0.2, 0.25) is 0 Å². The SMILES string of the molecule is CCN1c2ncccc2NC(=O)c2cccn21. The van der Waals surface area contributed by atoms with Gasteiger partial charge >= 0.3 is 0 Å². The number of fused-ring (bicyclic) bond motifs is 2. The summed E-state index contributed by atoms with van der Waals surface area (Å²) < 4.78 is 1.83. The first kappa shape index (κ1) is 9.89. The average molecular weight is 228 g/mol. The summed E-state index contributed by atoms with van der Waals surface area (Å²) in [5.41, 5.74) is 1.35. The number of rotatable bonds is 1. The first-order valence-electron chi connectivity index (χ1n) is 5.53. The highest BCUT2D eigenvalue weighted by atomic mass is 16.2. The largest absolute Gasteiger partial charge is 0.317 e. The molecule has 0 radical (unpaired) electrons. The molecular weight excluding hydrogens is 216 g/mol. The molecule has 2 aromatic rings. The molecule has 0 saturated carbocycles. The van der Waals surface area contributed by atoms with Gasteiger partial charge in [0, 0.05) is 18.9 Å². The van der Waals surface area contributed by atoms with Crippen LogP contribution in [0.25, 0.3) is 0 Å². The Morgan fingerprint density at radius 3 is 3.06 bits per heavy atom. The van der Waals surface area contributed by atoms with Crippen molar-refractivity contribution in [2.75, 3.05) is 16.9 Å². The van der Waals surface area contributed by atoms with Crippen LogP contribution in [-0.4, -0.2) is 22.1 Å². The molecule has 86 valence electrons. The Morgan fingerprint density at radius 2 is 2.24 bits per heavy atom. The topological polar surface area (TPSA) is 50.2 Å². The van der Waals surface area contributed by atoms with Gasteiger partial charge in [-0.25, -0.2) is 4.98 Å². The number of carbonyl (C=O) groups excluding carboxylic acids is 1. The third-order valence-electron chi connectivity index (χ3n) is 2.80. The maximum Gasteiger partial charge on any atom is 0.274 e. The molecule has 0 bridgehead atoms. The van der Waals surface area contributed by atoms with E-state index in [1.807, 2.05) is 41.0 Å². The van der Waals surface area contributed by atoms with Crippen molar-refractivity contribution in [3.63, 3.8) is 0 Å². The van der Waals surface area contributed by atoms with Crippen LogP contribution in [0.5, 0.6) is 0 Å². The van der Waals surface area contributed by atoms with Crippen molar-refractivity contribution in [3.8, 4) is 0 Å². The summed E-state index contributed by atoms with van der Waals surface area (Å²) in [6.07, 6.45) is 3.59. The minimum atomic E-state index is -0.111. The second-order valence-electron chi connectivity index (χ2n) is 3.78. The van der Waals surface area contributed by atoms with Crippen molar-refractivity contribution in [3.05, 3.63) is 42.4 Å². The fourth-order valence-corrected chi connectivity index (χ4v) is 2.05. The van der Waals surface area contributed by atoms with Crippen molar-refractivity contribution in [1.29, 1.82) is 0 Å². The molecule has 3 rings (SSSR count). The van der Waals surface area contributed by atoms with Gasteiger partial charge in [0.15, 0.2) is 5.82 Å². The summed E-state index contributed by atoms with van der Waals surface area (Å²) in [6.45, 7) is 2.76. The van der Waals surface area contributed by atoms with Crippen LogP contribution in [0, 0.1) is 0 Å². The number of pyridine rings is 1. The maximum absolute atomic E-state index is 12.0. The molecular formula is C12H12N4O. The van der Waals surface area contributed by atoms with Gasteiger partial charge in [0.05, 0.1) is 5.69 Å². The molecule has 1 aliphatic heterocycles. The zero-order valence-corrected chi connectivity index (χ0v) is 9.42. The first-order valence-corrected chi connectivity index (χ1v) is 5.53. The van der Waals surface area contributed by atoms with Crippen molar-refractivity contribution in [2.45, 2.75) is 6.92 Å². The number of carbonyl (C=O) groups is 1. The first-order chi connectivity index (χ1) is 8.31. The number of nitrogens with zero attached hydrogens (tertiary/aromatic N) is 3. The molecule has 0 saturated heterocycles. The minimum absolute atomic E-state index is 0.111. The van der Waals surface area contributed by atoms with E-state index in [9.17, 15) is 4.79 Å². The highest BCUT2D eigenvalue weighted by Gasteiger charge is 2.23. The molecule has 17 heavy (non-hydrogen) atoms. The van der Waals surface area contributed by atoms with Gasteiger partial charge in [0.25, 0.3) is 5.91 Å². The summed E-state index contributed by atoms with van der Waals surface area (Å²) in [5.74, 6) is 0.651. The van der Waals surface area contributed by atoms with E-state index in [2.05, 4.69) is 10.3 Å². The molecule has 3 heterocycles. The van der Waals surface area contributed by atoms with Crippen LogP contribution in [0.15, 0.2) is 36.7 Å². The Balaban J connectivity index is 2.25. The smallest absolute Gasteiger partial charge is 0.274 e. The fraction of sp³-hybridized carbons (Fsp3) is 0.167. The molecule has 0 aliphatic carbocycles. The van der Waals surface area contributed by atoms with Crippen LogP contribution < -0.4 is 10.3 Å². The van der Waals surface area contributed by atoms with E-state index >= 15 is 0 Å². The van der Waals surface area contributed by atoms with Gasteiger partial charge in [-0.05, 0) is 31.2 Å². The number of hydrogen-bond donors (Lipinski definition) is 1. The Kier molecular flexibility index (Phi) is 2.11. The van der Waals surface area contributed by atoms with Gasteiger partial charge in [-0.1, -0.05) is 0 Å². The number of nitrogens with one attached hydrogen (secondary N) is 1. The lowest BCUT2D eigenvalue weighted by molar-refractivity contribution is 0.102. The zero-order chi connectivity index (χ0) is 11.8. The van der Waals surface area contributed by atoms with Crippen LogP contribution in [0.3, 0.4) is 0 Å². The van der Waals surface area contributed by atoms with Crippen molar-refractivity contribution >= 4 is 17.4 Å². The molecule has 0 aromatic carbocycles. The van der Waals surface area contributed by atoms with E-state index in [1.54, 1.807) is 12.3 Å². The molecule has 1 aliphatic rings. The molecule has 2 aromatic heterocycles. The van der Waals surface area contributed by atoms with E-state index in [1.165, 1.54) is 0 Å². The highest BCUT2D eigenvalue weighted by molar-refractivity contribution is 6.05. The third-order valence-corrected chi connectivity index (χ3v) is 2.80.